The number of carbonyl (C=O) groups is 1. The molecule has 5 rings (SSSR count). The minimum Gasteiger partial charge on any atom is -0.467 e. The van der Waals surface area contributed by atoms with Gasteiger partial charge in [0, 0.05) is 23.5 Å². The van der Waals surface area contributed by atoms with Gasteiger partial charge in [0.05, 0.1) is 30.5 Å². The predicted molar refractivity (Wildman–Crippen MR) is 113 cm³/mol. The highest BCUT2D eigenvalue weighted by Crippen LogP contribution is 2.45. The molecule has 152 valence electrons. The summed E-state index contributed by atoms with van der Waals surface area (Å²) in [6.07, 6.45) is 8.23. The normalized spacial score (nSPS) is 18.2. The van der Waals surface area contributed by atoms with Crippen LogP contribution in [0.4, 0.5) is 0 Å². The van der Waals surface area contributed by atoms with Gasteiger partial charge < -0.3 is 9.32 Å². The Bertz CT molecular complexity index is 964. The molecule has 0 bridgehead atoms. The van der Waals surface area contributed by atoms with Crippen LogP contribution in [0.3, 0.4) is 0 Å². The van der Waals surface area contributed by atoms with Crippen LogP contribution in [0.5, 0.6) is 0 Å². The summed E-state index contributed by atoms with van der Waals surface area (Å²) in [6.45, 7) is 1.00. The van der Waals surface area contributed by atoms with Crippen LogP contribution in [0, 0.1) is 0 Å². The fourth-order valence-corrected chi connectivity index (χ4v) is 5.74. The maximum atomic E-state index is 14.0. The highest BCUT2D eigenvalue weighted by molar-refractivity contribution is 7.10. The summed E-state index contributed by atoms with van der Waals surface area (Å²) >= 11 is 1.71. The van der Waals surface area contributed by atoms with E-state index in [0.29, 0.717) is 19.0 Å². The molecule has 6 heteroatoms. The molecule has 3 aromatic heterocycles. The number of rotatable bonds is 7. The number of hydrogen-bond acceptors (Lipinski definition) is 4. The number of amides is 1. The summed E-state index contributed by atoms with van der Waals surface area (Å²) in [4.78, 5) is 17.2. The average Bonchev–Trinajstić information content (AvgIpc) is 3.21. The molecule has 1 amide bonds. The second kappa shape index (κ2) is 7.48. The number of thiophene rings is 1. The monoisotopic (exact) mass is 409 g/mol. The third-order valence-electron chi connectivity index (χ3n) is 6.39. The van der Waals surface area contributed by atoms with Gasteiger partial charge in [0.2, 0.25) is 5.91 Å². The molecule has 0 aliphatic heterocycles. The van der Waals surface area contributed by atoms with Gasteiger partial charge >= 0.3 is 0 Å². The minimum absolute atomic E-state index is 0.215. The molecule has 0 unspecified atom stereocenters. The molecule has 2 saturated carbocycles. The fourth-order valence-electron chi connectivity index (χ4n) is 4.77. The van der Waals surface area contributed by atoms with Gasteiger partial charge in [-0.25, -0.2) is 0 Å². The van der Waals surface area contributed by atoms with Crippen molar-refractivity contribution < 1.29 is 9.21 Å². The summed E-state index contributed by atoms with van der Waals surface area (Å²) in [6, 6.07) is 10.2. The van der Waals surface area contributed by atoms with Gasteiger partial charge in [-0.1, -0.05) is 18.9 Å². The third-order valence-corrected chi connectivity index (χ3v) is 7.46. The van der Waals surface area contributed by atoms with Gasteiger partial charge in [0.1, 0.15) is 5.76 Å². The number of aryl methyl sites for hydroxylation is 1. The standard InChI is InChI=1S/C23H27N3O2S/c1-25-20(17-8-9-17)14-18(24-25)15-26(16-19-6-4-12-28-19)22(27)23(10-2-3-11-23)21-7-5-13-29-21/h4-7,12-14,17H,2-3,8-11,15-16H2,1H3. The van der Waals surface area contributed by atoms with Crippen molar-refractivity contribution in [3.05, 3.63) is 64.0 Å². The fraction of sp³-hybridized carbons (Fsp3) is 0.478. The van der Waals surface area contributed by atoms with E-state index in [4.69, 9.17) is 9.52 Å². The van der Waals surface area contributed by atoms with Gasteiger partial charge in [-0.2, -0.15) is 5.10 Å². The smallest absolute Gasteiger partial charge is 0.234 e. The highest BCUT2D eigenvalue weighted by Gasteiger charge is 2.46. The molecule has 0 atom stereocenters. The predicted octanol–water partition coefficient (Wildman–Crippen LogP) is 4.99. The lowest BCUT2D eigenvalue weighted by Crippen LogP contribution is -2.44. The molecular weight excluding hydrogens is 382 g/mol. The van der Waals surface area contributed by atoms with E-state index in [9.17, 15) is 4.79 Å². The summed E-state index contributed by atoms with van der Waals surface area (Å²) < 4.78 is 7.59. The second-order valence-corrected chi connectivity index (χ2v) is 9.41. The van der Waals surface area contributed by atoms with Gasteiger partial charge in [0.15, 0.2) is 0 Å². The summed E-state index contributed by atoms with van der Waals surface area (Å²) in [5.74, 6) is 1.67. The van der Waals surface area contributed by atoms with Crippen LogP contribution in [0.15, 0.2) is 46.4 Å². The summed E-state index contributed by atoms with van der Waals surface area (Å²) in [7, 11) is 2.01. The van der Waals surface area contributed by atoms with Crippen molar-refractivity contribution in [3.63, 3.8) is 0 Å². The number of carbonyl (C=O) groups excluding carboxylic acids is 1. The van der Waals surface area contributed by atoms with E-state index in [1.807, 2.05) is 28.8 Å². The Morgan fingerprint density at radius 3 is 2.76 bits per heavy atom. The maximum absolute atomic E-state index is 14.0. The Labute approximate surface area is 175 Å². The van der Waals surface area contributed by atoms with Crippen molar-refractivity contribution in [1.82, 2.24) is 14.7 Å². The number of nitrogens with zero attached hydrogens (tertiary/aromatic N) is 3. The van der Waals surface area contributed by atoms with Crippen LogP contribution in [0.1, 0.15) is 66.5 Å². The van der Waals surface area contributed by atoms with Crippen LogP contribution < -0.4 is 0 Å². The van der Waals surface area contributed by atoms with Crippen LogP contribution >= 0.6 is 11.3 Å². The molecule has 2 aliphatic rings. The third kappa shape index (κ3) is 3.54. The molecule has 29 heavy (non-hydrogen) atoms. The van der Waals surface area contributed by atoms with E-state index in [0.717, 1.165) is 37.1 Å². The van der Waals surface area contributed by atoms with Gasteiger partial charge in [-0.15, -0.1) is 11.3 Å². The van der Waals surface area contributed by atoms with Crippen LogP contribution in [0.25, 0.3) is 0 Å². The molecule has 0 aromatic carbocycles. The molecule has 0 radical (unpaired) electrons. The van der Waals surface area contributed by atoms with Crippen LogP contribution in [-0.2, 0) is 30.3 Å². The quantitative estimate of drug-likeness (QED) is 0.552. The SMILES string of the molecule is Cn1nc(CN(Cc2ccco2)C(=O)C2(c3cccs3)CCCC2)cc1C1CC1. The molecule has 3 aromatic rings. The van der Waals surface area contributed by atoms with Crippen molar-refractivity contribution in [1.29, 1.82) is 0 Å². The molecule has 3 heterocycles. The van der Waals surface area contributed by atoms with E-state index in [1.165, 1.54) is 23.4 Å². The van der Waals surface area contributed by atoms with Crippen LogP contribution in [0.2, 0.25) is 0 Å². The highest BCUT2D eigenvalue weighted by atomic mass is 32.1. The van der Waals surface area contributed by atoms with Gasteiger partial charge in [-0.05, 0) is 55.3 Å². The average molecular weight is 410 g/mol. The minimum atomic E-state index is -0.394. The molecular formula is C23H27N3O2S. The topological polar surface area (TPSA) is 51.3 Å². The number of aromatic nitrogens is 2. The van der Waals surface area contributed by atoms with Gasteiger partial charge in [-0.3, -0.25) is 9.48 Å². The van der Waals surface area contributed by atoms with Crippen molar-refractivity contribution in [2.75, 3.05) is 0 Å². The van der Waals surface area contributed by atoms with E-state index in [2.05, 4.69) is 23.6 Å². The Morgan fingerprint density at radius 2 is 2.10 bits per heavy atom. The molecule has 0 saturated heterocycles. The van der Waals surface area contributed by atoms with Crippen molar-refractivity contribution >= 4 is 17.2 Å². The zero-order chi connectivity index (χ0) is 19.8. The first-order valence-corrected chi connectivity index (χ1v) is 11.4. The molecule has 0 N–H and O–H groups in total. The lowest BCUT2D eigenvalue weighted by atomic mass is 9.82. The van der Waals surface area contributed by atoms with E-state index < -0.39 is 5.41 Å². The Balaban J connectivity index is 1.46. The first-order valence-electron chi connectivity index (χ1n) is 10.5. The zero-order valence-corrected chi connectivity index (χ0v) is 17.7. The molecule has 0 spiro atoms. The van der Waals surface area contributed by atoms with Gasteiger partial charge in [0.25, 0.3) is 0 Å². The Morgan fingerprint density at radius 1 is 1.28 bits per heavy atom. The molecule has 2 fully saturated rings. The van der Waals surface area contributed by atoms with Crippen molar-refractivity contribution in [2.24, 2.45) is 7.05 Å². The largest absolute Gasteiger partial charge is 0.467 e. The Hall–Kier alpha value is -2.34. The maximum Gasteiger partial charge on any atom is 0.234 e. The van der Waals surface area contributed by atoms with E-state index in [1.54, 1.807) is 17.6 Å². The van der Waals surface area contributed by atoms with Crippen molar-refractivity contribution in [2.45, 2.75) is 62.9 Å². The molecule has 2 aliphatic carbocycles. The first kappa shape index (κ1) is 18.7. The van der Waals surface area contributed by atoms with E-state index >= 15 is 0 Å². The Kier molecular flexibility index (Phi) is 4.82. The van der Waals surface area contributed by atoms with Crippen LogP contribution in [-0.4, -0.2) is 20.6 Å². The lowest BCUT2D eigenvalue weighted by Gasteiger charge is -2.33. The first-order chi connectivity index (χ1) is 14.2. The van der Waals surface area contributed by atoms with E-state index in [-0.39, 0.29) is 5.91 Å². The second-order valence-electron chi connectivity index (χ2n) is 8.47. The number of hydrogen-bond donors (Lipinski definition) is 0. The number of furan rings is 1. The lowest BCUT2D eigenvalue weighted by molar-refractivity contribution is -0.139. The zero-order valence-electron chi connectivity index (χ0n) is 16.8. The molecule has 5 nitrogen and oxygen atoms in total. The summed E-state index contributed by atoms with van der Waals surface area (Å²) in [5, 5.41) is 6.81. The summed E-state index contributed by atoms with van der Waals surface area (Å²) in [5.41, 5.74) is 1.86. The van der Waals surface area contributed by atoms with Crippen molar-refractivity contribution in [3.8, 4) is 0 Å².